The molecule has 0 radical (unpaired) electrons. The molecule has 0 bridgehead atoms. The lowest BCUT2D eigenvalue weighted by molar-refractivity contribution is 0.114. The predicted octanol–water partition coefficient (Wildman–Crippen LogP) is 1.07. The Morgan fingerprint density at radius 1 is 1.42 bits per heavy atom. The van der Waals surface area contributed by atoms with Gasteiger partial charge in [0.25, 0.3) is 0 Å². The van der Waals surface area contributed by atoms with E-state index in [4.69, 9.17) is 4.74 Å². The minimum absolute atomic E-state index is 0.140. The zero-order chi connectivity index (χ0) is 14.3. The summed E-state index contributed by atoms with van der Waals surface area (Å²) in [7, 11) is -1.89. The molecule has 0 amide bonds. The summed E-state index contributed by atoms with van der Waals surface area (Å²) in [6, 6.07) is 1.61. The highest BCUT2D eigenvalue weighted by Crippen LogP contribution is 2.18. The van der Waals surface area contributed by atoms with Gasteiger partial charge in [0.15, 0.2) is 0 Å². The third-order valence-corrected chi connectivity index (χ3v) is 3.82. The Labute approximate surface area is 114 Å². The van der Waals surface area contributed by atoms with Crippen molar-refractivity contribution in [3.63, 3.8) is 0 Å². The van der Waals surface area contributed by atoms with Crippen LogP contribution in [0.15, 0.2) is 23.4 Å². The zero-order valence-electron chi connectivity index (χ0n) is 11.5. The van der Waals surface area contributed by atoms with E-state index in [0.717, 1.165) is 0 Å². The summed E-state index contributed by atoms with van der Waals surface area (Å²) in [5.74, 6) is 0.436. The molecule has 1 aromatic rings. The highest BCUT2D eigenvalue weighted by Gasteiger charge is 2.17. The van der Waals surface area contributed by atoms with E-state index in [1.807, 2.05) is 13.8 Å². The molecule has 0 aliphatic heterocycles. The Hall–Kier alpha value is -1.18. The minimum Gasteiger partial charge on any atom is -0.387 e. The Bertz CT molecular complexity index is 489. The van der Waals surface area contributed by atoms with Crippen LogP contribution >= 0.6 is 0 Å². The van der Waals surface area contributed by atoms with E-state index in [2.05, 4.69) is 15.0 Å². The second kappa shape index (κ2) is 7.42. The molecule has 6 nitrogen and oxygen atoms in total. The second-order valence-electron chi connectivity index (χ2n) is 4.49. The number of nitrogens with one attached hydrogen (secondary N) is 2. The normalized spacial score (nSPS) is 11.8. The summed E-state index contributed by atoms with van der Waals surface area (Å²) in [6.07, 6.45) is 2.86. The maximum absolute atomic E-state index is 12.1. The van der Waals surface area contributed by atoms with Crippen molar-refractivity contribution in [1.29, 1.82) is 0 Å². The topological polar surface area (TPSA) is 80.3 Å². The molecule has 19 heavy (non-hydrogen) atoms. The molecule has 0 aromatic carbocycles. The fourth-order valence-corrected chi connectivity index (χ4v) is 2.61. The average Bonchev–Trinajstić information content (AvgIpc) is 2.37. The number of pyridine rings is 1. The lowest BCUT2D eigenvalue weighted by Gasteiger charge is -2.11. The van der Waals surface area contributed by atoms with E-state index in [1.165, 1.54) is 12.4 Å². The third-order valence-electron chi connectivity index (χ3n) is 2.33. The molecule has 1 heterocycles. The van der Waals surface area contributed by atoms with Gasteiger partial charge in [-0.3, -0.25) is 4.98 Å². The number of aromatic nitrogens is 1. The standard InChI is InChI=1S/C12H21N3O3S/c1-10(2)9-18-7-6-15-19(16,17)12-8-14-5-4-11(12)13-3/h4-5,8,10,15H,6-7,9H2,1-3H3,(H,13,14). The highest BCUT2D eigenvalue weighted by atomic mass is 32.2. The van der Waals surface area contributed by atoms with E-state index in [9.17, 15) is 8.42 Å². The van der Waals surface area contributed by atoms with Gasteiger partial charge in [-0.2, -0.15) is 0 Å². The molecule has 0 saturated carbocycles. The number of sulfonamides is 1. The van der Waals surface area contributed by atoms with E-state index < -0.39 is 10.0 Å². The van der Waals surface area contributed by atoms with Gasteiger partial charge in [-0.15, -0.1) is 0 Å². The molecule has 0 saturated heterocycles. The summed E-state index contributed by atoms with van der Waals surface area (Å²) < 4.78 is 31.9. The van der Waals surface area contributed by atoms with Gasteiger partial charge >= 0.3 is 0 Å². The molecule has 108 valence electrons. The van der Waals surface area contributed by atoms with Crippen molar-refractivity contribution < 1.29 is 13.2 Å². The van der Waals surface area contributed by atoms with Gasteiger partial charge in [0.1, 0.15) is 4.90 Å². The van der Waals surface area contributed by atoms with Gasteiger partial charge < -0.3 is 10.1 Å². The van der Waals surface area contributed by atoms with Crippen molar-refractivity contribution in [3.05, 3.63) is 18.5 Å². The molecule has 1 rings (SSSR count). The highest BCUT2D eigenvalue weighted by molar-refractivity contribution is 7.89. The van der Waals surface area contributed by atoms with Crippen molar-refractivity contribution in [2.45, 2.75) is 18.7 Å². The van der Waals surface area contributed by atoms with E-state index in [-0.39, 0.29) is 11.4 Å². The molecular weight excluding hydrogens is 266 g/mol. The Morgan fingerprint density at radius 2 is 2.16 bits per heavy atom. The summed E-state index contributed by atoms with van der Waals surface area (Å²) >= 11 is 0. The van der Waals surface area contributed by atoms with Crippen molar-refractivity contribution in [2.24, 2.45) is 5.92 Å². The fraction of sp³-hybridized carbons (Fsp3) is 0.583. The largest absolute Gasteiger partial charge is 0.387 e. The van der Waals surface area contributed by atoms with E-state index in [1.54, 1.807) is 13.1 Å². The third kappa shape index (κ3) is 5.14. The maximum atomic E-state index is 12.1. The quantitative estimate of drug-likeness (QED) is 0.699. The first-order valence-electron chi connectivity index (χ1n) is 6.16. The van der Waals surface area contributed by atoms with Gasteiger partial charge in [0, 0.05) is 32.6 Å². The van der Waals surface area contributed by atoms with Crippen LogP contribution in [0, 0.1) is 5.92 Å². The van der Waals surface area contributed by atoms with Crippen LogP contribution in [0.1, 0.15) is 13.8 Å². The molecule has 0 fully saturated rings. The lowest BCUT2D eigenvalue weighted by atomic mass is 10.2. The van der Waals surface area contributed by atoms with Gasteiger partial charge in [0.2, 0.25) is 10.0 Å². The van der Waals surface area contributed by atoms with E-state index in [0.29, 0.717) is 24.8 Å². The molecule has 0 aliphatic rings. The number of hydrogen-bond acceptors (Lipinski definition) is 5. The van der Waals surface area contributed by atoms with Gasteiger partial charge in [-0.05, 0) is 12.0 Å². The minimum atomic E-state index is -3.56. The van der Waals surface area contributed by atoms with Crippen molar-refractivity contribution in [2.75, 3.05) is 32.1 Å². The average molecular weight is 287 g/mol. The molecule has 1 aromatic heterocycles. The monoisotopic (exact) mass is 287 g/mol. The van der Waals surface area contributed by atoms with Gasteiger partial charge in [0.05, 0.1) is 12.3 Å². The van der Waals surface area contributed by atoms with Gasteiger partial charge in [-0.1, -0.05) is 13.8 Å². The molecule has 0 atom stereocenters. The maximum Gasteiger partial charge on any atom is 0.244 e. The van der Waals surface area contributed by atoms with Gasteiger partial charge in [-0.25, -0.2) is 13.1 Å². The van der Waals surface area contributed by atoms with Crippen molar-refractivity contribution in [3.8, 4) is 0 Å². The number of anilines is 1. The Kier molecular flexibility index (Phi) is 6.20. The molecular formula is C12H21N3O3S. The second-order valence-corrected chi connectivity index (χ2v) is 6.22. The zero-order valence-corrected chi connectivity index (χ0v) is 12.3. The first kappa shape index (κ1) is 15.9. The van der Waals surface area contributed by atoms with Crippen LogP contribution in [0.25, 0.3) is 0 Å². The Balaban J connectivity index is 2.56. The van der Waals surface area contributed by atoms with Crippen LogP contribution in [0.4, 0.5) is 5.69 Å². The Morgan fingerprint density at radius 3 is 2.79 bits per heavy atom. The van der Waals surface area contributed by atoms with Crippen molar-refractivity contribution >= 4 is 15.7 Å². The predicted molar refractivity (Wildman–Crippen MR) is 74.6 cm³/mol. The molecule has 0 spiro atoms. The summed E-state index contributed by atoms with van der Waals surface area (Å²) in [5.41, 5.74) is 0.519. The summed E-state index contributed by atoms with van der Waals surface area (Å²) in [6.45, 7) is 5.30. The van der Waals surface area contributed by atoms with Crippen LogP contribution < -0.4 is 10.0 Å². The van der Waals surface area contributed by atoms with Crippen molar-refractivity contribution in [1.82, 2.24) is 9.71 Å². The number of ether oxygens (including phenoxy) is 1. The number of rotatable bonds is 8. The van der Waals surface area contributed by atoms with E-state index >= 15 is 0 Å². The molecule has 7 heteroatoms. The molecule has 0 unspecified atom stereocenters. The first-order valence-corrected chi connectivity index (χ1v) is 7.65. The lowest BCUT2D eigenvalue weighted by Crippen LogP contribution is -2.28. The van der Waals surface area contributed by atoms with Crippen LogP contribution in [0.2, 0.25) is 0 Å². The summed E-state index contributed by atoms with van der Waals surface area (Å²) in [4.78, 5) is 3.98. The van der Waals surface area contributed by atoms with Crippen LogP contribution in [0.3, 0.4) is 0 Å². The summed E-state index contributed by atoms with van der Waals surface area (Å²) in [5, 5.41) is 2.83. The SMILES string of the molecule is CNc1ccncc1S(=O)(=O)NCCOCC(C)C. The first-order chi connectivity index (χ1) is 8.97. The number of nitrogens with zero attached hydrogens (tertiary/aromatic N) is 1. The van der Waals surface area contributed by atoms with Crippen LogP contribution in [0.5, 0.6) is 0 Å². The smallest absolute Gasteiger partial charge is 0.244 e. The number of hydrogen-bond donors (Lipinski definition) is 2. The fourth-order valence-electron chi connectivity index (χ4n) is 1.45. The molecule has 0 aliphatic carbocycles. The van der Waals surface area contributed by atoms with Crippen LogP contribution in [-0.4, -0.2) is 40.2 Å². The van der Waals surface area contributed by atoms with Crippen LogP contribution in [-0.2, 0) is 14.8 Å². The molecule has 2 N–H and O–H groups in total.